The SMILES string of the molecule is Cc1[nH]c(C=C2C(=O)NN=C2C2CC2)c(C(C)C)c1CCNC1CC1. The monoisotopic (exact) mass is 340 g/mol. The average Bonchev–Trinajstić information content (AvgIpc) is 3.47. The Morgan fingerprint density at radius 2 is 2.04 bits per heavy atom. The van der Waals surface area contributed by atoms with E-state index in [2.05, 4.69) is 41.6 Å². The molecule has 4 rings (SSSR count). The maximum Gasteiger partial charge on any atom is 0.273 e. The quantitative estimate of drug-likeness (QED) is 0.668. The predicted octanol–water partition coefficient (Wildman–Crippen LogP) is 3.02. The second-order valence-electron chi connectivity index (χ2n) is 7.96. The molecule has 3 aliphatic rings. The lowest BCUT2D eigenvalue weighted by molar-refractivity contribution is -0.116. The van der Waals surface area contributed by atoms with Crippen LogP contribution >= 0.6 is 0 Å². The van der Waals surface area contributed by atoms with Crippen molar-refractivity contribution in [3.8, 4) is 0 Å². The molecular formula is C20H28N4O. The zero-order chi connectivity index (χ0) is 17.6. The summed E-state index contributed by atoms with van der Waals surface area (Å²) in [4.78, 5) is 15.8. The Morgan fingerprint density at radius 1 is 1.28 bits per heavy atom. The normalized spacial score (nSPS) is 22.0. The fourth-order valence-electron chi connectivity index (χ4n) is 3.79. The first-order chi connectivity index (χ1) is 12.0. The van der Waals surface area contributed by atoms with E-state index in [0.717, 1.165) is 48.8 Å². The van der Waals surface area contributed by atoms with E-state index >= 15 is 0 Å². The Morgan fingerprint density at radius 3 is 2.68 bits per heavy atom. The van der Waals surface area contributed by atoms with E-state index in [0.29, 0.717) is 11.8 Å². The lowest BCUT2D eigenvalue weighted by Gasteiger charge is -2.11. The van der Waals surface area contributed by atoms with Crippen LogP contribution < -0.4 is 10.7 Å². The fourth-order valence-corrected chi connectivity index (χ4v) is 3.79. The molecule has 0 radical (unpaired) electrons. The number of H-pyrrole nitrogens is 1. The highest BCUT2D eigenvalue weighted by Crippen LogP contribution is 2.36. The van der Waals surface area contributed by atoms with Crippen molar-refractivity contribution in [3.05, 3.63) is 28.1 Å². The summed E-state index contributed by atoms with van der Waals surface area (Å²) >= 11 is 0. The first-order valence-corrected chi connectivity index (χ1v) is 9.59. The molecule has 1 aliphatic heterocycles. The second kappa shape index (κ2) is 6.45. The molecule has 0 aromatic carbocycles. The van der Waals surface area contributed by atoms with Gasteiger partial charge in [-0.05, 0) is 68.7 Å². The number of amides is 1. The molecule has 1 aromatic heterocycles. The third-order valence-electron chi connectivity index (χ3n) is 5.40. The number of carbonyl (C=O) groups is 1. The van der Waals surface area contributed by atoms with Gasteiger partial charge in [0, 0.05) is 23.3 Å². The molecule has 2 heterocycles. The minimum absolute atomic E-state index is 0.0687. The lowest BCUT2D eigenvalue weighted by Crippen LogP contribution is -2.19. The summed E-state index contributed by atoms with van der Waals surface area (Å²) in [5, 5.41) is 7.87. The predicted molar refractivity (Wildman–Crippen MR) is 101 cm³/mol. The Kier molecular flexibility index (Phi) is 4.28. The summed E-state index contributed by atoms with van der Waals surface area (Å²) in [5.41, 5.74) is 9.38. The van der Waals surface area contributed by atoms with Gasteiger partial charge < -0.3 is 10.3 Å². The number of hydrogen-bond donors (Lipinski definition) is 3. The van der Waals surface area contributed by atoms with Gasteiger partial charge in [-0.25, -0.2) is 5.43 Å². The summed E-state index contributed by atoms with van der Waals surface area (Å²) in [6, 6.07) is 0.739. The summed E-state index contributed by atoms with van der Waals surface area (Å²) in [5.74, 6) is 0.810. The number of carbonyl (C=O) groups excluding carboxylic acids is 1. The van der Waals surface area contributed by atoms with Gasteiger partial charge in [0.2, 0.25) is 0 Å². The van der Waals surface area contributed by atoms with Crippen LogP contribution in [0.2, 0.25) is 0 Å². The molecule has 2 aliphatic carbocycles. The third-order valence-corrected chi connectivity index (χ3v) is 5.40. The highest BCUT2D eigenvalue weighted by atomic mass is 16.2. The first kappa shape index (κ1) is 16.6. The van der Waals surface area contributed by atoms with Crippen molar-refractivity contribution in [2.45, 2.75) is 64.8 Å². The molecule has 2 saturated carbocycles. The van der Waals surface area contributed by atoms with E-state index in [1.54, 1.807) is 0 Å². The topological polar surface area (TPSA) is 69.3 Å². The molecule has 1 aromatic rings. The van der Waals surface area contributed by atoms with Crippen LogP contribution in [0.25, 0.3) is 6.08 Å². The molecule has 0 saturated heterocycles. The Balaban J connectivity index is 1.63. The zero-order valence-corrected chi connectivity index (χ0v) is 15.4. The van der Waals surface area contributed by atoms with Crippen LogP contribution in [0.15, 0.2) is 10.7 Å². The van der Waals surface area contributed by atoms with Crippen LogP contribution in [0, 0.1) is 12.8 Å². The van der Waals surface area contributed by atoms with Crippen molar-refractivity contribution in [3.63, 3.8) is 0 Å². The summed E-state index contributed by atoms with van der Waals surface area (Å²) in [6.07, 6.45) is 7.98. The van der Waals surface area contributed by atoms with Crippen molar-refractivity contribution in [2.24, 2.45) is 11.0 Å². The number of hydrogen-bond acceptors (Lipinski definition) is 3. The molecule has 0 atom stereocenters. The van der Waals surface area contributed by atoms with Gasteiger partial charge in [-0.3, -0.25) is 4.79 Å². The minimum Gasteiger partial charge on any atom is -0.359 e. The summed E-state index contributed by atoms with van der Waals surface area (Å²) < 4.78 is 0. The maximum absolute atomic E-state index is 12.2. The molecule has 5 nitrogen and oxygen atoms in total. The third kappa shape index (κ3) is 3.43. The molecular weight excluding hydrogens is 312 g/mol. The molecule has 1 amide bonds. The zero-order valence-electron chi connectivity index (χ0n) is 15.4. The number of aromatic nitrogens is 1. The van der Waals surface area contributed by atoms with Gasteiger partial charge in [0.1, 0.15) is 0 Å². The number of hydrazone groups is 1. The van der Waals surface area contributed by atoms with Crippen molar-refractivity contribution >= 4 is 17.7 Å². The van der Waals surface area contributed by atoms with Gasteiger partial charge in [-0.2, -0.15) is 5.10 Å². The molecule has 3 N–H and O–H groups in total. The van der Waals surface area contributed by atoms with E-state index in [1.807, 2.05) is 6.08 Å². The molecule has 5 heteroatoms. The van der Waals surface area contributed by atoms with Crippen LogP contribution in [-0.2, 0) is 11.2 Å². The van der Waals surface area contributed by atoms with Crippen molar-refractivity contribution < 1.29 is 4.79 Å². The smallest absolute Gasteiger partial charge is 0.273 e. The molecule has 134 valence electrons. The maximum atomic E-state index is 12.2. The minimum atomic E-state index is -0.0687. The van der Waals surface area contributed by atoms with Crippen LogP contribution in [0.3, 0.4) is 0 Å². The number of aromatic amines is 1. The first-order valence-electron chi connectivity index (χ1n) is 9.59. The van der Waals surface area contributed by atoms with E-state index in [-0.39, 0.29) is 5.91 Å². The van der Waals surface area contributed by atoms with Crippen molar-refractivity contribution in [1.29, 1.82) is 0 Å². The van der Waals surface area contributed by atoms with Crippen LogP contribution in [0.1, 0.15) is 68.0 Å². The Labute approximate surface area is 149 Å². The van der Waals surface area contributed by atoms with E-state index in [1.165, 1.54) is 29.7 Å². The Bertz CT molecular complexity index is 748. The second-order valence-corrected chi connectivity index (χ2v) is 7.96. The van der Waals surface area contributed by atoms with Crippen LogP contribution in [0.5, 0.6) is 0 Å². The standard InChI is InChI=1S/C20H28N4O/c1-11(2)18-15(8-9-21-14-6-7-14)12(3)22-17(18)10-16-19(13-4-5-13)23-24-20(16)25/h10-11,13-14,21-22H,4-9H2,1-3H3,(H,24,25). The Hall–Kier alpha value is -1.88. The largest absolute Gasteiger partial charge is 0.359 e. The van der Waals surface area contributed by atoms with Gasteiger partial charge in [0.15, 0.2) is 0 Å². The van der Waals surface area contributed by atoms with Gasteiger partial charge >= 0.3 is 0 Å². The summed E-state index contributed by atoms with van der Waals surface area (Å²) in [7, 11) is 0. The molecule has 0 spiro atoms. The van der Waals surface area contributed by atoms with Crippen molar-refractivity contribution in [1.82, 2.24) is 15.7 Å². The lowest BCUT2D eigenvalue weighted by atomic mass is 9.94. The summed E-state index contributed by atoms with van der Waals surface area (Å²) in [6.45, 7) is 7.62. The van der Waals surface area contributed by atoms with E-state index < -0.39 is 0 Å². The highest BCUT2D eigenvalue weighted by Gasteiger charge is 2.36. The molecule has 0 bridgehead atoms. The van der Waals surface area contributed by atoms with Crippen LogP contribution in [0.4, 0.5) is 0 Å². The van der Waals surface area contributed by atoms with Gasteiger partial charge in [0.25, 0.3) is 5.91 Å². The van der Waals surface area contributed by atoms with Crippen molar-refractivity contribution in [2.75, 3.05) is 6.54 Å². The van der Waals surface area contributed by atoms with Gasteiger partial charge in [0.05, 0.1) is 11.3 Å². The molecule has 0 unspecified atom stereocenters. The number of nitrogens with one attached hydrogen (secondary N) is 3. The molecule has 2 fully saturated rings. The fraction of sp³-hybridized carbons (Fsp3) is 0.600. The van der Waals surface area contributed by atoms with E-state index in [4.69, 9.17) is 0 Å². The molecule has 25 heavy (non-hydrogen) atoms. The highest BCUT2D eigenvalue weighted by molar-refractivity contribution is 6.28. The number of nitrogens with zero attached hydrogens (tertiary/aromatic N) is 1. The number of aryl methyl sites for hydroxylation is 1. The van der Waals surface area contributed by atoms with Crippen LogP contribution in [-0.4, -0.2) is 29.2 Å². The number of rotatable bonds is 7. The van der Waals surface area contributed by atoms with Gasteiger partial charge in [-0.15, -0.1) is 0 Å². The van der Waals surface area contributed by atoms with E-state index in [9.17, 15) is 4.79 Å². The van der Waals surface area contributed by atoms with Gasteiger partial charge in [-0.1, -0.05) is 13.8 Å². The average molecular weight is 340 g/mol.